The van der Waals surface area contributed by atoms with Gasteiger partial charge in [-0.05, 0) is 12.8 Å². The third kappa shape index (κ3) is 2.17. The molecule has 0 radical (unpaired) electrons. The highest BCUT2D eigenvalue weighted by atomic mass is 19.4. The van der Waals surface area contributed by atoms with Crippen LogP contribution in [-0.2, 0) is 6.18 Å². The maximum atomic E-state index is 12.5. The molecule has 0 bridgehead atoms. The third-order valence-electron chi connectivity index (χ3n) is 2.45. The van der Waals surface area contributed by atoms with E-state index in [0.717, 1.165) is 18.9 Å². The van der Waals surface area contributed by atoms with E-state index in [9.17, 15) is 13.2 Å². The normalized spacial score (nSPS) is 16.8. The Bertz CT molecular complexity index is 385. The fourth-order valence-electron chi connectivity index (χ4n) is 1.71. The fourth-order valence-corrected chi connectivity index (χ4v) is 1.71. The highest BCUT2D eigenvalue weighted by molar-refractivity contribution is 5.44. The van der Waals surface area contributed by atoms with Gasteiger partial charge in [-0.25, -0.2) is 4.98 Å². The van der Waals surface area contributed by atoms with Crippen LogP contribution in [0.15, 0.2) is 6.07 Å². The molecule has 1 aliphatic rings. The Morgan fingerprint density at radius 3 is 2.38 bits per heavy atom. The second-order valence-corrected chi connectivity index (χ2v) is 3.66. The second-order valence-electron chi connectivity index (χ2n) is 3.66. The van der Waals surface area contributed by atoms with Gasteiger partial charge < -0.3 is 10.6 Å². The molecule has 0 saturated carbocycles. The van der Waals surface area contributed by atoms with Crippen LogP contribution in [-0.4, -0.2) is 23.1 Å². The molecule has 1 aromatic heterocycles. The monoisotopic (exact) mass is 232 g/mol. The van der Waals surface area contributed by atoms with E-state index < -0.39 is 11.9 Å². The molecule has 1 aliphatic heterocycles. The lowest BCUT2D eigenvalue weighted by molar-refractivity contribution is -0.141. The van der Waals surface area contributed by atoms with Gasteiger partial charge in [-0.15, -0.1) is 0 Å². The van der Waals surface area contributed by atoms with Crippen molar-refractivity contribution < 1.29 is 13.2 Å². The van der Waals surface area contributed by atoms with Crippen LogP contribution in [0, 0.1) is 0 Å². The number of aromatic nitrogens is 2. The van der Waals surface area contributed by atoms with Gasteiger partial charge in [0.05, 0.1) is 0 Å². The predicted octanol–water partition coefficient (Wildman–Crippen LogP) is 1.68. The minimum Gasteiger partial charge on any atom is -0.368 e. The summed E-state index contributed by atoms with van der Waals surface area (Å²) in [6.07, 6.45) is -2.55. The molecule has 1 fully saturated rings. The van der Waals surface area contributed by atoms with Gasteiger partial charge in [-0.3, -0.25) is 0 Å². The van der Waals surface area contributed by atoms with Crippen LogP contribution in [0.2, 0.25) is 0 Å². The minimum atomic E-state index is -4.48. The van der Waals surface area contributed by atoms with Gasteiger partial charge in [0.15, 0.2) is 5.69 Å². The van der Waals surface area contributed by atoms with Crippen molar-refractivity contribution in [3.8, 4) is 0 Å². The van der Waals surface area contributed by atoms with Crippen LogP contribution in [0.25, 0.3) is 0 Å². The summed E-state index contributed by atoms with van der Waals surface area (Å²) in [5.41, 5.74) is 4.29. The first-order valence-corrected chi connectivity index (χ1v) is 4.93. The maximum Gasteiger partial charge on any atom is 0.433 e. The molecule has 4 nitrogen and oxygen atoms in total. The maximum absolute atomic E-state index is 12.5. The van der Waals surface area contributed by atoms with Crippen molar-refractivity contribution in [1.82, 2.24) is 9.97 Å². The Morgan fingerprint density at radius 2 is 1.81 bits per heavy atom. The van der Waals surface area contributed by atoms with Crippen molar-refractivity contribution in [3.05, 3.63) is 11.8 Å². The van der Waals surface area contributed by atoms with Crippen molar-refractivity contribution in [1.29, 1.82) is 0 Å². The number of anilines is 2. The topological polar surface area (TPSA) is 55.0 Å². The number of nitrogen functional groups attached to an aromatic ring is 1. The van der Waals surface area contributed by atoms with Crippen molar-refractivity contribution in [2.75, 3.05) is 23.7 Å². The van der Waals surface area contributed by atoms with Gasteiger partial charge in [-0.1, -0.05) is 0 Å². The van der Waals surface area contributed by atoms with Crippen molar-refractivity contribution in [2.45, 2.75) is 19.0 Å². The third-order valence-corrected chi connectivity index (χ3v) is 2.45. The summed E-state index contributed by atoms with van der Waals surface area (Å²) in [6, 6.07) is 0.946. The number of hydrogen-bond donors (Lipinski definition) is 1. The molecule has 88 valence electrons. The van der Waals surface area contributed by atoms with Crippen molar-refractivity contribution in [3.63, 3.8) is 0 Å². The first-order chi connectivity index (χ1) is 7.47. The Hall–Kier alpha value is -1.53. The molecule has 0 spiro atoms. The molecule has 0 aliphatic carbocycles. The SMILES string of the molecule is Nc1nc(N2CCCC2)cc(C(F)(F)F)n1. The quantitative estimate of drug-likeness (QED) is 0.800. The van der Waals surface area contributed by atoms with Crippen LogP contribution in [0.3, 0.4) is 0 Å². The summed E-state index contributed by atoms with van der Waals surface area (Å²) < 4.78 is 37.4. The molecular weight excluding hydrogens is 221 g/mol. The fraction of sp³-hybridized carbons (Fsp3) is 0.556. The largest absolute Gasteiger partial charge is 0.433 e. The first-order valence-electron chi connectivity index (χ1n) is 4.93. The summed E-state index contributed by atoms with van der Waals surface area (Å²) >= 11 is 0. The molecule has 1 aromatic rings. The average molecular weight is 232 g/mol. The number of nitrogens with two attached hydrogens (primary N) is 1. The molecule has 0 aromatic carbocycles. The zero-order valence-corrected chi connectivity index (χ0v) is 8.46. The Labute approximate surface area is 90.3 Å². The Kier molecular flexibility index (Phi) is 2.61. The number of halogens is 3. The van der Waals surface area contributed by atoms with Gasteiger partial charge >= 0.3 is 6.18 Å². The van der Waals surface area contributed by atoms with Gasteiger partial charge in [-0.2, -0.15) is 18.2 Å². The lowest BCUT2D eigenvalue weighted by Gasteiger charge is -2.17. The molecule has 2 N–H and O–H groups in total. The Balaban J connectivity index is 2.35. The van der Waals surface area contributed by atoms with Crippen molar-refractivity contribution in [2.24, 2.45) is 0 Å². The lowest BCUT2D eigenvalue weighted by Crippen LogP contribution is -2.21. The van der Waals surface area contributed by atoms with Gasteiger partial charge in [0.2, 0.25) is 5.95 Å². The van der Waals surface area contributed by atoms with E-state index in [2.05, 4.69) is 9.97 Å². The molecule has 0 amide bonds. The number of nitrogens with zero attached hydrogens (tertiary/aromatic N) is 3. The van der Waals surface area contributed by atoms with E-state index in [4.69, 9.17) is 5.73 Å². The second kappa shape index (κ2) is 3.80. The number of hydrogen-bond acceptors (Lipinski definition) is 4. The molecule has 2 heterocycles. The predicted molar refractivity (Wildman–Crippen MR) is 52.9 cm³/mol. The zero-order chi connectivity index (χ0) is 11.8. The summed E-state index contributed by atoms with van der Waals surface area (Å²) in [5.74, 6) is -0.0750. The van der Waals surface area contributed by atoms with Gasteiger partial charge in [0.1, 0.15) is 5.82 Å². The molecule has 16 heavy (non-hydrogen) atoms. The molecular formula is C9H11F3N4. The smallest absolute Gasteiger partial charge is 0.368 e. The van der Waals surface area contributed by atoms with Crippen LogP contribution >= 0.6 is 0 Å². The van der Waals surface area contributed by atoms with Crippen LogP contribution < -0.4 is 10.6 Å². The summed E-state index contributed by atoms with van der Waals surface area (Å²) in [7, 11) is 0. The number of rotatable bonds is 1. The highest BCUT2D eigenvalue weighted by Crippen LogP contribution is 2.30. The zero-order valence-electron chi connectivity index (χ0n) is 8.46. The Morgan fingerprint density at radius 1 is 1.19 bits per heavy atom. The van der Waals surface area contributed by atoms with Gasteiger partial charge in [0, 0.05) is 19.2 Å². The summed E-state index contributed by atoms with van der Waals surface area (Å²) in [4.78, 5) is 8.80. The van der Waals surface area contributed by atoms with Gasteiger partial charge in [0.25, 0.3) is 0 Å². The van der Waals surface area contributed by atoms with E-state index in [-0.39, 0.29) is 11.8 Å². The minimum absolute atomic E-state index is 0.261. The van der Waals surface area contributed by atoms with Crippen LogP contribution in [0.4, 0.5) is 24.9 Å². The average Bonchev–Trinajstić information content (AvgIpc) is 2.68. The molecule has 0 unspecified atom stereocenters. The number of alkyl halides is 3. The first kappa shape index (κ1) is 11.0. The van der Waals surface area contributed by atoms with E-state index in [1.807, 2.05) is 0 Å². The van der Waals surface area contributed by atoms with Crippen LogP contribution in [0.1, 0.15) is 18.5 Å². The standard InChI is InChI=1S/C9H11F3N4/c10-9(11,12)6-5-7(15-8(13)14-6)16-3-1-2-4-16/h5H,1-4H2,(H2,13,14,15). The highest BCUT2D eigenvalue weighted by Gasteiger charge is 2.34. The van der Waals surface area contributed by atoms with Crippen LogP contribution in [0.5, 0.6) is 0 Å². The van der Waals surface area contributed by atoms with Crippen molar-refractivity contribution >= 4 is 11.8 Å². The summed E-state index contributed by atoms with van der Waals surface area (Å²) in [5, 5.41) is 0. The molecule has 7 heteroatoms. The molecule has 2 rings (SSSR count). The molecule has 1 saturated heterocycles. The van der Waals surface area contributed by atoms with E-state index in [1.165, 1.54) is 0 Å². The summed E-state index contributed by atoms with van der Waals surface area (Å²) in [6.45, 7) is 1.43. The van der Waals surface area contributed by atoms with E-state index >= 15 is 0 Å². The van der Waals surface area contributed by atoms with E-state index in [0.29, 0.717) is 13.1 Å². The molecule has 0 atom stereocenters. The van der Waals surface area contributed by atoms with E-state index in [1.54, 1.807) is 4.90 Å². The lowest BCUT2D eigenvalue weighted by atomic mass is 10.3.